The van der Waals surface area contributed by atoms with Crippen molar-refractivity contribution < 1.29 is 0 Å². The van der Waals surface area contributed by atoms with Crippen molar-refractivity contribution in [3.8, 4) is 33.9 Å². The second kappa shape index (κ2) is 7.93. The minimum Gasteiger partial charge on any atom is -0.326 e. The highest BCUT2D eigenvalue weighted by Gasteiger charge is 2.19. The van der Waals surface area contributed by atoms with Gasteiger partial charge in [0.2, 0.25) is 0 Å². The van der Waals surface area contributed by atoms with Crippen LogP contribution in [0.4, 0.5) is 0 Å². The fourth-order valence-electron chi connectivity index (χ4n) is 3.26. The molecule has 0 amide bonds. The average molecular weight is 386 g/mol. The standard InChI is InChI=1S/C24H20ClN3/c1-16-12-13-19(21(25)14-16)23-20(15-26)22(17-8-4-2-5-9-17)27-24(28-23)18-10-6-3-7-11-18/h2-14H,15,26H2,1H3. The Morgan fingerprint density at radius 1 is 0.786 bits per heavy atom. The van der Waals surface area contributed by atoms with Crippen LogP contribution in [0.5, 0.6) is 0 Å². The fraction of sp³-hybridized carbons (Fsp3) is 0.0833. The predicted molar refractivity (Wildman–Crippen MR) is 116 cm³/mol. The highest BCUT2D eigenvalue weighted by atomic mass is 35.5. The Morgan fingerprint density at radius 3 is 2.00 bits per heavy atom. The smallest absolute Gasteiger partial charge is 0.160 e. The Hall–Kier alpha value is -3.01. The van der Waals surface area contributed by atoms with Gasteiger partial charge in [0.05, 0.1) is 16.4 Å². The molecule has 0 unspecified atom stereocenters. The number of nitrogens with two attached hydrogens (primary N) is 1. The van der Waals surface area contributed by atoms with Gasteiger partial charge in [-0.15, -0.1) is 0 Å². The van der Waals surface area contributed by atoms with E-state index in [0.717, 1.165) is 39.2 Å². The quantitative estimate of drug-likeness (QED) is 0.476. The number of aryl methyl sites for hydroxylation is 1. The van der Waals surface area contributed by atoms with E-state index in [9.17, 15) is 0 Å². The molecule has 4 rings (SSSR count). The molecule has 4 heteroatoms. The van der Waals surface area contributed by atoms with Crippen LogP contribution >= 0.6 is 11.6 Å². The third kappa shape index (κ3) is 3.55. The lowest BCUT2D eigenvalue weighted by atomic mass is 9.98. The first-order valence-corrected chi connectivity index (χ1v) is 9.53. The summed E-state index contributed by atoms with van der Waals surface area (Å²) in [5.74, 6) is 0.656. The first-order chi connectivity index (χ1) is 13.7. The number of hydrogen-bond acceptors (Lipinski definition) is 3. The van der Waals surface area contributed by atoms with Gasteiger partial charge in [0.1, 0.15) is 0 Å². The zero-order valence-corrected chi connectivity index (χ0v) is 16.3. The minimum atomic E-state index is 0.318. The van der Waals surface area contributed by atoms with Gasteiger partial charge in [-0.1, -0.05) is 84.4 Å². The molecule has 0 aliphatic heterocycles. The van der Waals surface area contributed by atoms with Crippen LogP contribution in [0.15, 0.2) is 78.9 Å². The van der Waals surface area contributed by atoms with Crippen molar-refractivity contribution in [1.82, 2.24) is 9.97 Å². The molecule has 3 aromatic carbocycles. The molecule has 0 fully saturated rings. The van der Waals surface area contributed by atoms with E-state index >= 15 is 0 Å². The van der Waals surface area contributed by atoms with Crippen molar-refractivity contribution in [2.75, 3.05) is 0 Å². The van der Waals surface area contributed by atoms with Gasteiger partial charge in [-0.3, -0.25) is 0 Å². The van der Waals surface area contributed by atoms with E-state index in [1.54, 1.807) is 0 Å². The molecule has 0 aliphatic carbocycles. The van der Waals surface area contributed by atoms with E-state index in [-0.39, 0.29) is 0 Å². The normalized spacial score (nSPS) is 10.8. The molecule has 0 atom stereocenters. The van der Waals surface area contributed by atoms with Gasteiger partial charge < -0.3 is 5.73 Å². The first-order valence-electron chi connectivity index (χ1n) is 9.15. The summed E-state index contributed by atoms with van der Waals surface area (Å²) < 4.78 is 0. The summed E-state index contributed by atoms with van der Waals surface area (Å²) in [4.78, 5) is 9.77. The summed E-state index contributed by atoms with van der Waals surface area (Å²) in [5.41, 5.74) is 12.6. The number of halogens is 1. The molecule has 2 N–H and O–H groups in total. The topological polar surface area (TPSA) is 51.8 Å². The second-order valence-corrected chi connectivity index (χ2v) is 7.05. The number of hydrogen-bond donors (Lipinski definition) is 1. The maximum atomic E-state index is 6.59. The SMILES string of the molecule is Cc1ccc(-c2nc(-c3ccccc3)nc(-c3ccccc3)c2CN)c(Cl)c1. The molecule has 0 saturated carbocycles. The number of benzene rings is 3. The lowest BCUT2D eigenvalue weighted by molar-refractivity contribution is 1.02. The molecule has 0 aliphatic rings. The molecule has 1 heterocycles. The van der Waals surface area contributed by atoms with Crippen LogP contribution in [0.1, 0.15) is 11.1 Å². The highest BCUT2D eigenvalue weighted by molar-refractivity contribution is 6.33. The van der Waals surface area contributed by atoms with Gasteiger partial charge in [-0.2, -0.15) is 0 Å². The molecular weight excluding hydrogens is 366 g/mol. The maximum Gasteiger partial charge on any atom is 0.160 e. The van der Waals surface area contributed by atoms with E-state index in [4.69, 9.17) is 27.3 Å². The van der Waals surface area contributed by atoms with Crippen molar-refractivity contribution in [1.29, 1.82) is 0 Å². The molecule has 0 bridgehead atoms. The van der Waals surface area contributed by atoms with Crippen LogP contribution in [0.25, 0.3) is 33.9 Å². The molecule has 0 saturated heterocycles. The third-order valence-corrected chi connectivity index (χ3v) is 4.98. The van der Waals surface area contributed by atoms with Gasteiger partial charge in [0.25, 0.3) is 0 Å². The molecule has 0 radical (unpaired) electrons. The van der Waals surface area contributed by atoms with Crippen molar-refractivity contribution in [3.05, 3.63) is 95.0 Å². The highest BCUT2D eigenvalue weighted by Crippen LogP contribution is 2.35. The zero-order valence-electron chi connectivity index (χ0n) is 15.6. The zero-order chi connectivity index (χ0) is 19.5. The number of aromatic nitrogens is 2. The van der Waals surface area contributed by atoms with E-state index in [1.807, 2.05) is 85.8 Å². The Bertz CT molecular complexity index is 1110. The number of rotatable bonds is 4. The summed E-state index contributed by atoms with van der Waals surface area (Å²) in [6.45, 7) is 2.34. The lowest BCUT2D eigenvalue weighted by Gasteiger charge is -2.16. The van der Waals surface area contributed by atoms with Crippen molar-refractivity contribution >= 4 is 11.6 Å². The lowest BCUT2D eigenvalue weighted by Crippen LogP contribution is -2.08. The largest absolute Gasteiger partial charge is 0.326 e. The van der Waals surface area contributed by atoms with Crippen molar-refractivity contribution in [2.45, 2.75) is 13.5 Å². The van der Waals surface area contributed by atoms with Gasteiger partial charge in [-0.05, 0) is 18.6 Å². The molecule has 1 aromatic heterocycles. The average Bonchev–Trinajstić information content (AvgIpc) is 2.74. The summed E-state index contributed by atoms with van der Waals surface area (Å²) in [6.07, 6.45) is 0. The Kier molecular flexibility index (Phi) is 5.20. The summed E-state index contributed by atoms with van der Waals surface area (Å²) in [7, 11) is 0. The van der Waals surface area contributed by atoms with E-state index in [2.05, 4.69) is 0 Å². The molecular formula is C24H20ClN3. The monoisotopic (exact) mass is 385 g/mol. The predicted octanol–water partition coefficient (Wildman–Crippen LogP) is 5.90. The first kappa shape index (κ1) is 18.4. The Morgan fingerprint density at radius 2 is 1.39 bits per heavy atom. The Balaban J connectivity index is 2.03. The van der Waals surface area contributed by atoms with Crippen molar-refractivity contribution in [2.24, 2.45) is 5.73 Å². The van der Waals surface area contributed by atoms with Crippen molar-refractivity contribution in [3.63, 3.8) is 0 Å². The summed E-state index contributed by atoms with van der Waals surface area (Å²) in [5, 5.41) is 0.659. The molecule has 4 aromatic rings. The van der Waals surface area contributed by atoms with E-state index < -0.39 is 0 Å². The maximum absolute atomic E-state index is 6.59. The van der Waals surface area contributed by atoms with Crippen LogP contribution in [-0.2, 0) is 6.54 Å². The third-order valence-electron chi connectivity index (χ3n) is 4.67. The van der Waals surface area contributed by atoms with Crippen LogP contribution < -0.4 is 5.73 Å². The van der Waals surface area contributed by atoms with Crippen LogP contribution in [0, 0.1) is 6.92 Å². The fourth-order valence-corrected chi connectivity index (χ4v) is 3.59. The summed E-state index contributed by atoms with van der Waals surface area (Å²) in [6, 6.07) is 26.0. The van der Waals surface area contributed by atoms with E-state index in [0.29, 0.717) is 17.4 Å². The van der Waals surface area contributed by atoms with Crippen LogP contribution in [0.3, 0.4) is 0 Å². The van der Waals surface area contributed by atoms with Gasteiger partial charge >= 0.3 is 0 Å². The molecule has 3 nitrogen and oxygen atoms in total. The van der Waals surface area contributed by atoms with Crippen LogP contribution in [0.2, 0.25) is 5.02 Å². The van der Waals surface area contributed by atoms with Gasteiger partial charge in [0.15, 0.2) is 5.82 Å². The minimum absolute atomic E-state index is 0.318. The Labute approximate surface area is 169 Å². The second-order valence-electron chi connectivity index (χ2n) is 6.64. The molecule has 138 valence electrons. The molecule has 0 spiro atoms. The number of nitrogens with zero attached hydrogens (tertiary/aromatic N) is 2. The van der Waals surface area contributed by atoms with Gasteiger partial charge in [0, 0.05) is 28.8 Å². The van der Waals surface area contributed by atoms with Gasteiger partial charge in [-0.25, -0.2) is 9.97 Å². The van der Waals surface area contributed by atoms with Crippen LogP contribution in [-0.4, -0.2) is 9.97 Å². The van der Waals surface area contributed by atoms with E-state index in [1.165, 1.54) is 0 Å². The summed E-state index contributed by atoms with van der Waals surface area (Å²) >= 11 is 6.59. The molecule has 28 heavy (non-hydrogen) atoms.